The van der Waals surface area contributed by atoms with Crippen molar-refractivity contribution in [2.24, 2.45) is 0 Å². The molecule has 0 aliphatic carbocycles. The Kier molecular flexibility index (Phi) is 2.43. The predicted molar refractivity (Wildman–Crippen MR) is 72.0 cm³/mol. The highest BCUT2D eigenvalue weighted by Crippen LogP contribution is 2.29. The monoisotopic (exact) mass is 252 g/mol. The van der Waals surface area contributed by atoms with Crippen LogP contribution in [0.25, 0.3) is 20.9 Å². The van der Waals surface area contributed by atoms with E-state index in [1.54, 1.807) is 23.5 Å². The Labute approximate surface area is 107 Å². The maximum absolute atomic E-state index is 8.81. The third-order valence-electron chi connectivity index (χ3n) is 2.56. The number of nitrogens with zero attached hydrogens (tertiary/aromatic N) is 3. The molecular weight excluding hydrogens is 244 g/mol. The number of para-hydroxylation sites is 1. The van der Waals surface area contributed by atoms with Crippen LogP contribution in [0.1, 0.15) is 5.56 Å². The van der Waals surface area contributed by atoms with Crippen molar-refractivity contribution in [1.29, 1.82) is 5.26 Å². The summed E-state index contributed by atoms with van der Waals surface area (Å²) >= 11 is 1.56. The molecule has 0 spiro atoms. The van der Waals surface area contributed by atoms with Crippen LogP contribution in [0.2, 0.25) is 0 Å². The minimum atomic E-state index is 0.245. The van der Waals surface area contributed by atoms with Crippen LogP contribution in [0.15, 0.2) is 36.4 Å². The largest absolute Gasteiger partial charge is 0.383 e. The predicted octanol–water partition coefficient (Wildman–Crippen LogP) is 2.81. The minimum Gasteiger partial charge on any atom is -0.383 e. The second kappa shape index (κ2) is 4.09. The molecule has 18 heavy (non-hydrogen) atoms. The molecule has 3 rings (SSSR count). The van der Waals surface area contributed by atoms with Gasteiger partial charge in [-0.2, -0.15) is 5.26 Å². The normalized spacial score (nSPS) is 10.4. The van der Waals surface area contributed by atoms with E-state index in [4.69, 9.17) is 11.0 Å². The van der Waals surface area contributed by atoms with E-state index in [1.807, 2.05) is 30.3 Å². The zero-order valence-corrected chi connectivity index (χ0v) is 10.1. The fourth-order valence-electron chi connectivity index (χ4n) is 1.67. The first kappa shape index (κ1) is 10.7. The first-order chi connectivity index (χ1) is 8.78. The van der Waals surface area contributed by atoms with Crippen LogP contribution in [-0.4, -0.2) is 9.97 Å². The summed E-state index contributed by atoms with van der Waals surface area (Å²) in [6.07, 6.45) is 0. The molecular formula is C13H8N4S. The SMILES string of the molecule is N#Cc1ccc(-c2nc3ccccc3s2)nc1N. The van der Waals surface area contributed by atoms with Crippen molar-refractivity contribution < 1.29 is 0 Å². The Bertz CT molecular complexity index is 737. The lowest BCUT2D eigenvalue weighted by Gasteiger charge is -1.98. The fourth-order valence-corrected chi connectivity index (χ4v) is 2.61. The Morgan fingerprint density at radius 2 is 1.94 bits per heavy atom. The number of hydrogen-bond acceptors (Lipinski definition) is 5. The first-order valence-corrected chi connectivity index (χ1v) is 6.12. The van der Waals surface area contributed by atoms with Gasteiger partial charge in [-0.3, -0.25) is 0 Å². The standard InChI is InChI=1S/C13H8N4S/c14-7-8-5-6-10(16-12(8)15)13-17-9-3-1-2-4-11(9)18-13/h1-6H,(H2,15,16). The van der Waals surface area contributed by atoms with Gasteiger partial charge in [-0.05, 0) is 24.3 Å². The average molecular weight is 252 g/mol. The van der Waals surface area contributed by atoms with Crippen LogP contribution in [-0.2, 0) is 0 Å². The molecule has 0 amide bonds. The van der Waals surface area contributed by atoms with E-state index in [0.29, 0.717) is 11.3 Å². The van der Waals surface area contributed by atoms with E-state index in [0.717, 1.165) is 15.2 Å². The molecule has 0 fully saturated rings. The molecule has 2 aromatic heterocycles. The first-order valence-electron chi connectivity index (χ1n) is 5.30. The van der Waals surface area contributed by atoms with Crippen LogP contribution in [0.4, 0.5) is 5.82 Å². The zero-order chi connectivity index (χ0) is 12.5. The van der Waals surface area contributed by atoms with Gasteiger partial charge in [0.25, 0.3) is 0 Å². The summed E-state index contributed by atoms with van der Waals surface area (Å²) in [5.41, 5.74) is 7.74. The number of fused-ring (bicyclic) bond motifs is 1. The quantitative estimate of drug-likeness (QED) is 0.722. The highest BCUT2D eigenvalue weighted by atomic mass is 32.1. The Hall–Kier alpha value is -2.45. The van der Waals surface area contributed by atoms with Gasteiger partial charge in [0.2, 0.25) is 0 Å². The molecule has 2 heterocycles. The Morgan fingerprint density at radius 1 is 1.11 bits per heavy atom. The Morgan fingerprint density at radius 3 is 2.67 bits per heavy atom. The summed E-state index contributed by atoms with van der Waals surface area (Å²) in [6, 6.07) is 13.3. The van der Waals surface area contributed by atoms with Gasteiger partial charge in [-0.15, -0.1) is 11.3 Å². The molecule has 0 unspecified atom stereocenters. The summed E-state index contributed by atoms with van der Waals surface area (Å²) in [5, 5.41) is 9.62. The van der Waals surface area contributed by atoms with E-state index in [-0.39, 0.29) is 5.82 Å². The third kappa shape index (κ3) is 1.69. The summed E-state index contributed by atoms with van der Waals surface area (Å²) in [7, 11) is 0. The summed E-state index contributed by atoms with van der Waals surface area (Å²) in [4.78, 5) is 8.71. The third-order valence-corrected chi connectivity index (χ3v) is 3.62. The van der Waals surface area contributed by atoms with Crippen molar-refractivity contribution in [1.82, 2.24) is 9.97 Å². The van der Waals surface area contributed by atoms with Gasteiger partial charge in [0.05, 0.1) is 15.8 Å². The number of thiazole rings is 1. The van der Waals surface area contributed by atoms with Gasteiger partial charge in [-0.25, -0.2) is 9.97 Å². The molecule has 0 bridgehead atoms. The van der Waals surface area contributed by atoms with Crippen molar-refractivity contribution >= 4 is 27.4 Å². The molecule has 0 radical (unpaired) electrons. The molecule has 3 aromatic rings. The molecule has 4 nitrogen and oxygen atoms in total. The number of aromatic nitrogens is 2. The number of hydrogen-bond donors (Lipinski definition) is 1. The van der Waals surface area contributed by atoms with Crippen molar-refractivity contribution in [2.75, 3.05) is 5.73 Å². The molecule has 0 aliphatic heterocycles. The van der Waals surface area contributed by atoms with Crippen molar-refractivity contribution in [3.63, 3.8) is 0 Å². The second-order valence-electron chi connectivity index (χ2n) is 3.73. The van der Waals surface area contributed by atoms with Crippen LogP contribution in [0, 0.1) is 11.3 Å². The van der Waals surface area contributed by atoms with Crippen LogP contribution < -0.4 is 5.73 Å². The van der Waals surface area contributed by atoms with Crippen LogP contribution in [0.3, 0.4) is 0 Å². The van der Waals surface area contributed by atoms with Gasteiger partial charge in [0, 0.05) is 0 Å². The van der Waals surface area contributed by atoms with Gasteiger partial charge < -0.3 is 5.73 Å². The smallest absolute Gasteiger partial charge is 0.143 e. The average Bonchev–Trinajstić information content (AvgIpc) is 2.82. The highest BCUT2D eigenvalue weighted by Gasteiger charge is 2.09. The zero-order valence-electron chi connectivity index (χ0n) is 9.29. The van der Waals surface area contributed by atoms with E-state index in [9.17, 15) is 0 Å². The van der Waals surface area contributed by atoms with Gasteiger partial charge in [-0.1, -0.05) is 12.1 Å². The lowest BCUT2D eigenvalue weighted by Crippen LogP contribution is -1.95. The molecule has 0 aliphatic rings. The molecule has 0 atom stereocenters. The number of pyridine rings is 1. The van der Waals surface area contributed by atoms with E-state index in [1.165, 1.54) is 0 Å². The second-order valence-corrected chi connectivity index (χ2v) is 4.76. The molecule has 0 saturated carbocycles. The lowest BCUT2D eigenvalue weighted by atomic mass is 10.2. The topological polar surface area (TPSA) is 75.6 Å². The van der Waals surface area contributed by atoms with Crippen molar-refractivity contribution in [3.8, 4) is 16.8 Å². The fraction of sp³-hybridized carbons (Fsp3) is 0. The van der Waals surface area contributed by atoms with Crippen molar-refractivity contribution in [2.45, 2.75) is 0 Å². The maximum Gasteiger partial charge on any atom is 0.143 e. The van der Waals surface area contributed by atoms with E-state index >= 15 is 0 Å². The maximum atomic E-state index is 8.81. The highest BCUT2D eigenvalue weighted by molar-refractivity contribution is 7.21. The Balaban J connectivity index is 2.15. The van der Waals surface area contributed by atoms with Gasteiger partial charge >= 0.3 is 0 Å². The molecule has 1 aromatic carbocycles. The minimum absolute atomic E-state index is 0.245. The number of nitrogens with two attached hydrogens (primary N) is 1. The molecule has 86 valence electrons. The van der Waals surface area contributed by atoms with Gasteiger partial charge in [0.1, 0.15) is 22.6 Å². The lowest BCUT2D eigenvalue weighted by molar-refractivity contribution is 1.29. The summed E-state index contributed by atoms with van der Waals surface area (Å²) in [5.74, 6) is 0.245. The molecule has 0 saturated heterocycles. The molecule has 2 N–H and O–H groups in total. The molecule has 5 heteroatoms. The number of rotatable bonds is 1. The number of benzene rings is 1. The number of nitriles is 1. The van der Waals surface area contributed by atoms with Crippen molar-refractivity contribution in [3.05, 3.63) is 42.0 Å². The van der Waals surface area contributed by atoms with Gasteiger partial charge in [0.15, 0.2) is 0 Å². The number of nitrogen functional groups attached to an aromatic ring is 1. The van der Waals surface area contributed by atoms with E-state index in [2.05, 4.69) is 9.97 Å². The number of anilines is 1. The van der Waals surface area contributed by atoms with E-state index < -0.39 is 0 Å². The summed E-state index contributed by atoms with van der Waals surface area (Å²) < 4.78 is 1.11. The van der Waals surface area contributed by atoms with Crippen LogP contribution in [0.5, 0.6) is 0 Å². The summed E-state index contributed by atoms with van der Waals surface area (Å²) in [6.45, 7) is 0. The van der Waals surface area contributed by atoms with Crippen LogP contribution >= 0.6 is 11.3 Å².